The van der Waals surface area contributed by atoms with Gasteiger partial charge in [0.2, 0.25) is 5.91 Å². The van der Waals surface area contributed by atoms with Gasteiger partial charge >= 0.3 is 0 Å². The highest BCUT2D eigenvalue weighted by Gasteiger charge is 2.29. The summed E-state index contributed by atoms with van der Waals surface area (Å²) in [5, 5.41) is 9.13. The van der Waals surface area contributed by atoms with Crippen LogP contribution in [0.25, 0.3) is 0 Å². The largest absolute Gasteiger partial charge is 0.394 e. The van der Waals surface area contributed by atoms with Crippen molar-refractivity contribution >= 4 is 5.91 Å². The standard InChI is InChI=1S/C13H25NO3/c1-4-5-6-10(2)13(16)14-7-11(3)17-12(8-14)9-15/h10-12,15H,4-9H2,1-3H3/t10-,11+,12-/m0/s1. The lowest BCUT2D eigenvalue weighted by Crippen LogP contribution is -2.51. The lowest BCUT2D eigenvalue weighted by molar-refractivity contribution is -0.150. The van der Waals surface area contributed by atoms with E-state index in [1.54, 1.807) is 0 Å². The molecule has 1 rings (SSSR count). The van der Waals surface area contributed by atoms with Crippen LogP contribution in [0.5, 0.6) is 0 Å². The van der Waals surface area contributed by atoms with Gasteiger partial charge in [-0.2, -0.15) is 0 Å². The molecule has 1 amide bonds. The number of hydrogen-bond acceptors (Lipinski definition) is 3. The zero-order valence-corrected chi connectivity index (χ0v) is 11.2. The minimum absolute atomic E-state index is 0.0164. The monoisotopic (exact) mass is 243 g/mol. The van der Waals surface area contributed by atoms with Gasteiger partial charge < -0.3 is 14.7 Å². The zero-order chi connectivity index (χ0) is 12.8. The van der Waals surface area contributed by atoms with Gasteiger partial charge in [0.1, 0.15) is 0 Å². The van der Waals surface area contributed by atoms with Crippen LogP contribution < -0.4 is 0 Å². The normalized spacial score (nSPS) is 26.9. The summed E-state index contributed by atoms with van der Waals surface area (Å²) in [6.45, 7) is 7.22. The van der Waals surface area contributed by atoms with E-state index >= 15 is 0 Å². The molecule has 0 spiro atoms. The fraction of sp³-hybridized carbons (Fsp3) is 0.923. The molecule has 1 N–H and O–H groups in total. The van der Waals surface area contributed by atoms with Crippen LogP contribution in [0.15, 0.2) is 0 Å². The minimum atomic E-state index is -0.221. The number of aliphatic hydroxyl groups is 1. The van der Waals surface area contributed by atoms with Gasteiger partial charge in [-0.25, -0.2) is 0 Å². The van der Waals surface area contributed by atoms with Crippen molar-refractivity contribution in [1.82, 2.24) is 4.90 Å². The SMILES string of the molecule is CCCC[C@H](C)C(=O)N1C[C@@H](CO)O[C@H](C)C1. The number of unbranched alkanes of at least 4 members (excludes halogenated alkanes) is 1. The topological polar surface area (TPSA) is 49.8 Å². The van der Waals surface area contributed by atoms with Crippen LogP contribution in [0.4, 0.5) is 0 Å². The molecule has 0 radical (unpaired) electrons. The Hall–Kier alpha value is -0.610. The average Bonchev–Trinajstić information content (AvgIpc) is 2.34. The second-order valence-corrected chi connectivity index (χ2v) is 5.04. The molecule has 0 aliphatic carbocycles. The number of ether oxygens (including phenoxy) is 1. The van der Waals surface area contributed by atoms with E-state index in [4.69, 9.17) is 9.84 Å². The highest BCUT2D eigenvalue weighted by atomic mass is 16.5. The van der Waals surface area contributed by atoms with Gasteiger partial charge in [-0.1, -0.05) is 26.7 Å². The summed E-state index contributed by atoms with van der Waals surface area (Å²) >= 11 is 0. The van der Waals surface area contributed by atoms with Crippen LogP contribution in [-0.4, -0.2) is 47.8 Å². The molecule has 0 saturated carbocycles. The van der Waals surface area contributed by atoms with E-state index in [0.29, 0.717) is 13.1 Å². The fourth-order valence-electron chi connectivity index (χ4n) is 2.27. The molecule has 0 bridgehead atoms. The van der Waals surface area contributed by atoms with Crippen molar-refractivity contribution in [2.24, 2.45) is 5.92 Å². The maximum atomic E-state index is 12.2. The van der Waals surface area contributed by atoms with Crippen molar-refractivity contribution < 1.29 is 14.6 Å². The molecule has 4 heteroatoms. The van der Waals surface area contributed by atoms with Crippen LogP contribution in [0.2, 0.25) is 0 Å². The summed E-state index contributed by atoms with van der Waals surface area (Å²) in [7, 11) is 0. The van der Waals surface area contributed by atoms with E-state index < -0.39 is 0 Å². The molecule has 4 nitrogen and oxygen atoms in total. The third-order valence-electron chi connectivity index (χ3n) is 3.25. The molecular formula is C13H25NO3. The van der Waals surface area contributed by atoms with Gasteiger partial charge in [-0.05, 0) is 13.3 Å². The van der Waals surface area contributed by atoms with Gasteiger partial charge in [-0.3, -0.25) is 4.79 Å². The van der Waals surface area contributed by atoms with Gasteiger partial charge in [-0.15, -0.1) is 0 Å². The van der Waals surface area contributed by atoms with E-state index in [9.17, 15) is 4.79 Å². The molecule has 0 aromatic heterocycles. The second kappa shape index (κ2) is 6.97. The Labute approximate surface area is 104 Å². The molecule has 1 saturated heterocycles. The molecule has 1 heterocycles. The van der Waals surface area contributed by atoms with E-state index in [1.807, 2.05) is 18.7 Å². The minimum Gasteiger partial charge on any atom is -0.394 e. The van der Waals surface area contributed by atoms with Crippen molar-refractivity contribution in [2.45, 2.75) is 52.2 Å². The Morgan fingerprint density at radius 1 is 1.53 bits per heavy atom. The molecule has 1 fully saturated rings. The first kappa shape index (κ1) is 14.5. The van der Waals surface area contributed by atoms with Crippen LogP contribution >= 0.6 is 0 Å². The summed E-state index contributed by atoms with van der Waals surface area (Å²) in [4.78, 5) is 14.0. The number of rotatable bonds is 5. The quantitative estimate of drug-likeness (QED) is 0.794. The van der Waals surface area contributed by atoms with Gasteiger partial charge in [0.25, 0.3) is 0 Å². The number of carbonyl (C=O) groups is 1. The van der Waals surface area contributed by atoms with Gasteiger partial charge in [0.15, 0.2) is 0 Å². The second-order valence-electron chi connectivity index (χ2n) is 5.04. The number of hydrogen-bond donors (Lipinski definition) is 1. The predicted octanol–water partition coefficient (Wildman–Crippen LogP) is 1.42. The maximum Gasteiger partial charge on any atom is 0.225 e. The highest BCUT2D eigenvalue weighted by molar-refractivity contribution is 5.78. The number of aliphatic hydroxyl groups excluding tert-OH is 1. The molecule has 0 aromatic rings. The van der Waals surface area contributed by atoms with Crippen molar-refractivity contribution in [1.29, 1.82) is 0 Å². The molecule has 0 unspecified atom stereocenters. The first-order valence-electron chi connectivity index (χ1n) is 6.63. The summed E-state index contributed by atoms with van der Waals surface area (Å²) in [5.74, 6) is 0.284. The predicted molar refractivity (Wildman–Crippen MR) is 66.7 cm³/mol. The van der Waals surface area contributed by atoms with Crippen LogP contribution in [-0.2, 0) is 9.53 Å². The van der Waals surface area contributed by atoms with Crippen LogP contribution in [0, 0.1) is 5.92 Å². The molecule has 3 atom stereocenters. The number of morpholine rings is 1. The lowest BCUT2D eigenvalue weighted by Gasteiger charge is -2.37. The van der Waals surface area contributed by atoms with Gasteiger partial charge in [0.05, 0.1) is 18.8 Å². The highest BCUT2D eigenvalue weighted by Crippen LogP contribution is 2.16. The average molecular weight is 243 g/mol. The first-order valence-corrected chi connectivity index (χ1v) is 6.63. The number of carbonyl (C=O) groups excluding carboxylic acids is 1. The van der Waals surface area contributed by atoms with E-state index in [2.05, 4.69) is 6.92 Å². The summed E-state index contributed by atoms with van der Waals surface area (Å²) < 4.78 is 5.53. The van der Waals surface area contributed by atoms with Crippen LogP contribution in [0.1, 0.15) is 40.0 Å². The van der Waals surface area contributed by atoms with Crippen LogP contribution in [0.3, 0.4) is 0 Å². The van der Waals surface area contributed by atoms with E-state index in [-0.39, 0.29) is 30.6 Å². The summed E-state index contributed by atoms with van der Waals surface area (Å²) in [5.41, 5.74) is 0. The van der Waals surface area contributed by atoms with Gasteiger partial charge in [0, 0.05) is 19.0 Å². The third-order valence-corrected chi connectivity index (χ3v) is 3.25. The molecule has 0 aromatic carbocycles. The molecule has 100 valence electrons. The zero-order valence-electron chi connectivity index (χ0n) is 11.2. The van der Waals surface area contributed by atoms with E-state index in [0.717, 1.165) is 19.3 Å². The van der Waals surface area contributed by atoms with Crippen molar-refractivity contribution in [3.8, 4) is 0 Å². The Morgan fingerprint density at radius 3 is 2.82 bits per heavy atom. The first-order chi connectivity index (χ1) is 8.08. The van der Waals surface area contributed by atoms with Crippen molar-refractivity contribution in [3.63, 3.8) is 0 Å². The molecule has 1 aliphatic rings. The third kappa shape index (κ3) is 4.28. The lowest BCUT2D eigenvalue weighted by atomic mass is 10.0. The Balaban J connectivity index is 2.49. The molecule has 17 heavy (non-hydrogen) atoms. The smallest absolute Gasteiger partial charge is 0.225 e. The Bertz CT molecular complexity index is 245. The fourth-order valence-corrected chi connectivity index (χ4v) is 2.27. The maximum absolute atomic E-state index is 12.2. The van der Waals surface area contributed by atoms with E-state index in [1.165, 1.54) is 0 Å². The summed E-state index contributed by atoms with van der Waals surface area (Å²) in [6, 6.07) is 0. The Morgan fingerprint density at radius 2 is 2.24 bits per heavy atom. The molecular weight excluding hydrogens is 218 g/mol. The van der Waals surface area contributed by atoms with Crippen molar-refractivity contribution in [3.05, 3.63) is 0 Å². The van der Waals surface area contributed by atoms with Crippen molar-refractivity contribution in [2.75, 3.05) is 19.7 Å². The number of nitrogens with zero attached hydrogens (tertiary/aromatic N) is 1. The Kier molecular flexibility index (Phi) is 5.92. The molecule has 1 aliphatic heterocycles. The number of amides is 1. The summed E-state index contributed by atoms with van der Waals surface area (Å²) in [6.07, 6.45) is 2.96.